The van der Waals surface area contributed by atoms with Crippen LogP contribution in [0.5, 0.6) is 0 Å². The molecule has 1 rings (SSSR count). The van der Waals surface area contributed by atoms with Gasteiger partial charge in [0.1, 0.15) is 0 Å². The molecule has 6 N–H and O–H groups in total. The number of hydrogen-bond donors (Lipinski definition) is 3. The Morgan fingerprint density at radius 3 is 2.37 bits per heavy atom. The van der Waals surface area contributed by atoms with E-state index < -0.39 is 21.9 Å². The lowest BCUT2D eigenvalue weighted by Gasteiger charge is -2.08. The number of hydrogen-bond acceptors (Lipinski definition) is 3. The van der Waals surface area contributed by atoms with E-state index in [9.17, 15) is 13.2 Å². The van der Waals surface area contributed by atoms with E-state index in [0.717, 1.165) is 6.07 Å². The zero-order valence-corrected chi connectivity index (χ0v) is 10.9. The topological polar surface area (TPSA) is 142 Å². The molecule has 0 atom stereocenters. The van der Waals surface area contributed by atoms with Gasteiger partial charge in [0.25, 0.3) is 5.91 Å². The summed E-state index contributed by atoms with van der Waals surface area (Å²) in [7, 11) is -3.97. The third-order valence-electron chi connectivity index (χ3n) is 2.24. The Bertz CT molecular complexity index is 710. The third kappa shape index (κ3) is 3.31. The van der Waals surface area contributed by atoms with Crippen LogP contribution in [-0.4, -0.2) is 20.3 Å². The quantitative estimate of drug-likeness (QED) is 0.363. The molecule has 1 aromatic carbocycles. The van der Waals surface area contributed by atoms with Crippen molar-refractivity contribution in [1.82, 2.24) is 0 Å². The van der Waals surface area contributed by atoms with E-state index in [1.807, 2.05) is 0 Å². The Kier molecular flexibility index (Phi) is 3.94. The van der Waals surface area contributed by atoms with Crippen molar-refractivity contribution in [2.75, 3.05) is 0 Å². The van der Waals surface area contributed by atoms with Gasteiger partial charge in [-0.1, -0.05) is 5.92 Å². The van der Waals surface area contributed by atoms with Crippen LogP contribution in [0, 0.1) is 19.3 Å². The molecule has 0 aliphatic heterocycles. The number of nitrogens with two attached hydrogens (primary N) is 3. The van der Waals surface area contributed by atoms with Crippen LogP contribution < -0.4 is 16.6 Å². The molecule has 0 unspecified atom stereocenters. The van der Waals surface area contributed by atoms with Crippen LogP contribution in [-0.2, 0) is 10.0 Å². The van der Waals surface area contributed by atoms with Crippen LogP contribution in [0.1, 0.15) is 21.5 Å². The molecular weight excluding hydrogens is 268 g/mol. The van der Waals surface area contributed by atoms with Gasteiger partial charge in [0.05, 0.1) is 10.5 Å². The van der Waals surface area contributed by atoms with Crippen LogP contribution in [0.15, 0.2) is 22.0 Å². The molecule has 0 saturated heterocycles. The van der Waals surface area contributed by atoms with Gasteiger partial charge in [0, 0.05) is 5.56 Å². The molecule has 0 aliphatic rings. The van der Waals surface area contributed by atoms with Gasteiger partial charge in [-0.25, -0.2) is 13.6 Å². The number of benzene rings is 1. The fourth-order valence-corrected chi connectivity index (χ4v) is 2.26. The first-order chi connectivity index (χ1) is 8.66. The lowest BCUT2D eigenvalue weighted by atomic mass is 10.0. The van der Waals surface area contributed by atoms with Crippen molar-refractivity contribution < 1.29 is 13.2 Å². The summed E-state index contributed by atoms with van der Waals surface area (Å²) in [6, 6.07) is 2.42. The molecule has 0 fully saturated rings. The Hall–Kier alpha value is -2.37. The Morgan fingerprint density at radius 1 is 1.37 bits per heavy atom. The van der Waals surface area contributed by atoms with E-state index in [1.54, 1.807) is 0 Å². The number of amides is 1. The van der Waals surface area contributed by atoms with Gasteiger partial charge in [-0.05, 0) is 24.6 Å². The molecular formula is C11H12N4O3S. The fourth-order valence-electron chi connectivity index (χ4n) is 1.47. The van der Waals surface area contributed by atoms with Crippen molar-refractivity contribution >= 4 is 21.9 Å². The average Bonchev–Trinajstić information content (AvgIpc) is 2.25. The van der Waals surface area contributed by atoms with Gasteiger partial charge in [-0.2, -0.15) is 4.99 Å². The summed E-state index contributed by atoms with van der Waals surface area (Å²) in [6.07, 6.45) is 5.25. The minimum atomic E-state index is -3.97. The number of aryl methyl sites for hydroxylation is 1. The van der Waals surface area contributed by atoms with Crippen LogP contribution in [0.4, 0.5) is 0 Å². The van der Waals surface area contributed by atoms with Crippen LogP contribution >= 0.6 is 0 Å². The monoisotopic (exact) mass is 280 g/mol. The van der Waals surface area contributed by atoms with Crippen LogP contribution in [0.25, 0.3) is 0 Å². The van der Waals surface area contributed by atoms with Crippen molar-refractivity contribution in [1.29, 1.82) is 0 Å². The number of carbonyl (C=O) groups is 1. The predicted molar refractivity (Wildman–Crippen MR) is 70.6 cm³/mol. The minimum absolute atomic E-state index is 0.106. The second kappa shape index (κ2) is 5.09. The smallest absolute Gasteiger partial charge is 0.281 e. The number of aliphatic imine (C=N–C) groups is 1. The maximum atomic E-state index is 11.7. The van der Waals surface area contributed by atoms with Crippen molar-refractivity contribution in [3.8, 4) is 12.3 Å². The van der Waals surface area contributed by atoms with Gasteiger partial charge >= 0.3 is 0 Å². The summed E-state index contributed by atoms with van der Waals surface area (Å²) >= 11 is 0. The van der Waals surface area contributed by atoms with Crippen molar-refractivity contribution in [3.05, 3.63) is 28.8 Å². The standard InChI is InChI=1S/C11H12N4O3S/c1-3-7-4-6(2)9(19(14,17)18)5-8(7)10(16)15-11(12)13/h1,4-5H,2H3,(H2,14,17,18)(H4,12,13,15,16). The number of carbonyl (C=O) groups excluding carboxylic acids is 1. The summed E-state index contributed by atoms with van der Waals surface area (Å²) in [5, 5.41) is 5.04. The highest BCUT2D eigenvalue weighted by Crippen LogP contribution is 2.20. The molecule has 7 nitrogen and oxygen atoms in total. The van der Waals surface area contributed by atoms with Gasteiger partial charge in [0.15, 0.2) is 5.96 Å². The largest absolute Gasteiger partial charge is 0.370 e. The number of rotatable bonds is 2. The number of guanidine groups is 1. The van der Waals surface area contributed by atoms with Gasteiger partial charge in [-0.3, -0.25) is 4.79 Å². The van der Waals surface area contributed by atoms with E-state index in [-0.39, 0.29) is 16.0 Å². The van der Waals surface area contributed by atoms with E-state index in [0.29, 0.717) is 5.56 Å². The summed E-state index contributed by atoms with van der Waals surface area (Å²) in [4.78, 5) is 14.9. The highest BCUT2D eigenvalue weighted by molar-refractivity contribution is 7.89. The first kappa shape index (κ1) is 14.7. The maximum absolute atomic E-state index is 11.7. The lowest BCUT2D eigenvalue weighted by molar-refractivity contribution is 0.100. The van der Waals surface area contributed by atoms with E-state index in [2.05, 4.69) is 10.9 Å². The predicted octanol–water partition coefficient (Wildman–Crippen LogP) is -0.963. The molecule has 19 heavy (non-hydrogen) atoms. The summed E-state index contributed by atoms with van der Waals surface area (Å²) in [5.41, 5.74) is 10.6. The van der Waals surface area contributed by atoms with Gasteiger partial charge in [0.2, 0.25) is 10.0 Å². The highest BCUT2D eigenvalue weighted by atomic mass is 32.2. The molecule has 0 spiro atoms. The SMILES string of the molecule is C#Cc1cc(C)c(S(N)(=O)=O)cc1C(=O)N=C(N)N. The van der Waals surface area contributed by atoms with Crippen molar-refractivity contribution in [2.45, 2.75) is 11.8 Å². The summed E-state index contributed by atoms with van der Waals surface area (Å²) < 4.78 is 22.8. The number of sulfonamides is 1. The van der Waals surface area contributed by atoms with E-state index >= 15 is 0 Å². The molecule has 0 bridgehead atoms. The molecule has 8 heteroatoms. The van der Waals surface area contributed by atoms with Crippen molar-refractivity contribution in [2.24, 2.45) is 21.6 Å². The lowest BCUT2D eigenvalue weighted by Crippen LogP contribution is -2.24. The molecule has 0 aromatic heterocycles. The molecule has 100 valence electrons. The second-order valence-electron chi connectivity index (χ2n) is 3.69. The van der Waals surface area contributed by atoms with Crippen LogP contribution in [0.3, 0.4) is 0 Å². The second-order valence-corrected chi connectivity index (χ2v) is 5.22. The molecule has 0 heterocycles. The zero-order chi connectivity index (χ0) is 14.8. The van der Waals surface area contributed by atoms with E-state index in [4.69, 9.17) is 23.0 Å². The third-order valence-corrected chi connectivity index (χ3v) is 3.29. The van der Waals surface area contributed by atoms with Gasteiger partial charge in [-0.15, -0.1) is 6.42 Å². The maximum Gasteiger partial charge on any atom is 0.281 e. The van der Waals surface area contributed by atoms with E-state index in [1.165, 1.54) is 13.0 Å². The molecule has 1 amide bonds. The first-order valence-electron chi connectivity index (χ1n) is 4.95. The Labute approximate surface area is 110 Å². The Balaban J connectivity index is 3.61. The average molecular weight is 280 g/mol. The molecule has 1 aromatic rings. The highest BCUT2D eigenvalue weighted by Gasteiger charge is 2.18. The summed E-state index contributed by atoms with van der Waals surface area (Å²) in [6.45, 7) is 1.51. The first-order valence-corrected chi connectivity index (χ1v) is 6.49. The van der Waals surface area contributed by atoms with Crippen molar-refractivity contribution in [3.63, 3.8) is 0 Å². The molecule has 0 saturated carbocycles. The number of primary sulfonamides is 1. The normalized spacial score (nSPS) is 10.6. The number of terminal acetylenes is 1. The fraction of sp³-hybridized carbons (Fsp3) is 0.0909. The Morgan fingerprint density at radius 2 is 1.95 bits per heavy atom. The molecule has 0 radical (unpaired) electrons. The zero-order valence-electron chi connectivity index (χ0n) is 10.0. The number of nitrogens with zero attached hydrogens (tertiary/aromatic N) is 1. The minimum Gasteiger partial charge on any atom is -0.370 e. The van der Waals surface area contributed by atoms with Crippen LogP contribution in [0.2, 0.25) is 0 Å². The van der Waals surface area contributed by atoms with Gasteiger partial charge < -0.3 is 11.5 Å². The summed E-state index contributed by atoms with van der Waals surface area (Å²) in [5.74, 6) is 0.973. The molecule has 0 aliphatic carbocycles.